The SMILES string of the molecule is CC[C@H](C)[C@H](NC(=O)[C@H](CC(N)=O)NC(=O)[C@H](Cc1ccc(O)cc1)NC(=O)[C@H](CCCCN)NC(=O)[C@H](CC(C)C)NC(=O)[C@@H](NC(=O)[C@@H](NC(=O)[C@@H](NC(=O)[C@H](CO)NC(=O)[C@H](CCCCN)NC(=O)[C@@H](NC(=O)[C@H](CO)NC(=O)[C@@H](N)Cc1ccccc1)[C@@H](C)CC)C(C)C)[C@@H](C)CC)[C@@H](C)CC)C(=O)N[C@@H](CCC(N)=O)C(=O)N[C@@H](Cc1ccc(O)cc1)C(=O)O. The van der Waals surface area contributed by atoms with Crippen molar-refractivity contribution >= 4 is 100 Å². The number of aliphatic hydroxyl groups is 2. The molecule has 724 valence electrons. The number of phenolic OH excluding ortho intramolecular Hbond substituents is 2. The van der Waals surface area contributed by atoms with Crippen LogP contribution in [0.25, 0.3) is 0 Å². The summed E-state index contributed by atoms with van der Waals surface area (Å²) in [6, 6.07) is -3.02. The lowest BCUT2D eigenvalue weighted by atomic mass is 9.93. The number of aromatic hydroxyl groups is 2. The second-order valence-corrected chi connectivity index (χ2v) is 33.9. The van der Waals surface area contributed by atoms with Gasteiger partial charge in [-0.2, -0.15) is 0 Å². The van der Waals surface area contributed by atoms with E-state index in [4.69, 9.17) is 28.7 Å². The predicted octanol–water partition coefficient (Wildman–Crippen LogP) is -2.41. The fourth-order valence-corrected chi connectivity index (χ4v) is 13.7. The van der Waals surface area contributed by atoms with Crippen molar-refractivity contribution in [3.63, 3.8) is 0 Å². The lowest BCUT2D eigenvalue weighted by molar-refractivity contribution is -0.142. The van der Waals surface area contributed by atoms with E-state index in [0.29, 0.717) is 30.4 Å². The minimum Gasteiger partial charge on any atom is -0.508 e. The largest absolute Gasteiger partial charge is 0.508 e. The molecule has 16 amide bonds. The highest BCUT2D eigenvalue weighted by atomic mass is 16.4. The van der Waals surface area contributed by atoms with E-state index in [0.717, 1.165) is 5.56 Å². The summed E-state index contributed by atoms with van der Waals surface area (Å²) in [6.45, 7) is 18.4. The number of unbranched alkanes of at least 4 members (excludes halogenated alkanes) is 2. The number of carbonyl (C=O) groups is 17. The number of carboxylic acids is 1. The van der Waals surface area contributed by atoms with Crippen LogP contribution in [0.4, 0.5) is 0 Å². The molecule has 0 aliphatic rings. The van der Waals surface area contributed by atoms with Gasteiger partial charge in [0, 0.05) is 19.3 Å². The number of aliphatic carboxylic acids is 1. The molecule has 3 rings (SSSR count). The maximum absolute atomic E-state index is 14.9. The number of nitrogens with one attached hydrogen (secondary N) is 14. The topological polar surface area (TPSA) is 690 Å². The van der Waals surface area contributed by atoms with Crippen LogP contribution < -0.4 is 103 Å². The number of nitrogens with two attached hydrogens (primary N) is 5. The van der Waals surface area contributed by atoms with E-state index in [-0.39, 0.29) is 101 Å². The third-order valence-corrected chi connectivity index (χ3v) is 22.5. The Morgan fingerprint density at radius 3 is 1.00 bits per heavy atom. The third kappa shape index (κ3) is 38.8. The van der Waals surface area contributed by atoms with Gasteiger partial charge in [0.15, 0.2) is 0 Å². The molecule has 41 nitrogen and oxygen atoms in total. The molecule has 3 aromatic carbocycles. The van der Waals surface area contributed by atoms with Gasteiger partial charge in [0.1, 0.15) is 96.1 Å². The van der Waals surface area contributed by atoms with Crippen LogP contribution in [0.15, 0.2) is 78.9 Å². The summed E-state index contributed by atoms with van der Waals surface area (Å²) in [5.41, 5.74) is 30.4. The van der Waals surface area contributed by atoms with E-state index in [2.05, 4.69) is 74.4 Å². The van der Waals surface area contributed by atoms with Gasteiger partial charge in [-0.3, -0.25) is 76.7 Å². The summed E-state index contributed by atoms with van der Waals surface area (Å²) in [7, 11) is 0. The smallest absolute Gasteiger partial charge is 0.326 e. The number of primary amides is 2. The highest BCUT2D eigenvalue weighted by molar-refractivity contribution is 6.01. The van der Waals surface area contributed by atoms with E-state index >= 15 is 0 Å². The number of carbonyl (C=O) groups excluding carboxylic acids is 16. The Kier molecular flexibility index (Phi) is 50.0. The molecule has 0 saturated heterocycles. The molecule has 0 aromatic heterocycles. The van der Waals surface area contributed by atoms with Crippen LogP contribution in [-0.2, 0) is 101 Å². The van der Waals surface area contributed by atoms with E-state index in [1.807, 2.05) is 0 Å². The van der Waals surface area contributed by atoms with Gasteiger partial charge < -0.3 is 129 Å². The summed E-state index contributed by atoms with van der Waals surface area (Å²) < 4.78 is 0. The van der Waals surface area contributed by atoms with Gasteiger partial charge in [0.05, 0.1) is 25.7 Å². The zero-order chi connectivity index (χ0) is 97.8. The van der Waals surface area contributed by atoms with Crippen molar-refractivity contribution in [2.45, 2.75) is 283 Å². The zero-order valence-electron chi connectivity index (χ0n) is 76.5. The molecule has 41 heteroatoms. The Bertz CT molecular complexity index is 4200. The maximum atomic E-state index is 14.9. The van der Waals surface area contributed by atoms with Crippen molar-refractivity contribution in [1.29, 1.82) is 0 Å². The van der Waals surface area contributed by atoms with Crippen molar-refractivity contribution in [2.24, 2.45) is 64.2 Å². The molecular formula is C89H141N19O22. The standard InChI is InChI=1S/C89H141N19O22/c1-13-49(9)71(86(126)97-61(36-37-68(93)113)78(118)101-65(89(129)130)43-55-30-34-57(112)35-31-55)105-81(121)64(44-69(94)114)99-80(120)63(42-54-28-32-56(111)33-29-54)98-76(116)59(26-20-22-38-90)95-79(119)62(40-47(5)6)100-87(127)73(51(11)15-3)108-88(128)74(52(12)16-4)107-84(124)70(48(7)8)104-82(122)67(46-110)103-77(117)60(27-21-23-39-91)96-85(125)72(50(10)14-2)106-83(123)66(45-109)102-75(115)58(92)41-53-24-18-17-19-25-53/h17-19,24-25,28-35,47-52,58-67,70-74,109-112H,13-16,20-23,26-27,36-46,90-92H2,1-12H3,(H2,93,113)(H2,94,114)(H,95,119)(H,96,125)(H,97,126)(H,98,116)(H,99,120)(H,100,127)(H,101,118)(H,102,115)(H,103,117)(H,104,122)(H,105,121)(H,106,123)(H,107,124)(H,108,128)(H,129,130)/t49-,50-,51-,52-,58-,59-,60-,61-,62-,63-,64-,65-,66-,67-,70-,71-,72-,73-,74-/m0/s1. The summed E-state index contributed by atoms with van der Waals surface area (Å²) in [4.78, 5) is 239. The molecule has 0 fully saturated rings. The first-order valence-electron chi connectivity index (χ1n) is 44.4. The number of benzene rings is 3. The van der Waals surface area contributed by atoms with Gasteiger partial charge in [0.2, 0.25) is 94.5 Å². The quantitative estimate of drug-likeness (QED) is 0.0262. The fourth-order valence-electron chi connectivity index (χ4n) is 13.7. The van der Waals surface area contributed by atoms with Crippen LogP contribution in [0.1, 0.15) is 190 Å². The number of phenols is 2. The molecule has 130 heavy (non-hydrogen) atoms. The van der Waals surface area contributed by atoms with Gasteiger partial charge in [-0.05, 0) is 147 Å². The van der Waals surface area contributed by atoms with Gasteiger partial charge >= 0.3 is 5.97 Å². The summed E-state index contributed by atoms with van der Waals surface area (Å²) in [5, 5.41) is 87.1. The summed E-state index contributed by atoms with van der Waals surface area (Å²) >= 11 is 0. The van der Waals surface area contributed by atoms with Crippen LogP contribution in [0, 0.1) is 35.5 Å². The Labute approximate surface area is 759 Å². The Balaban J connectivity index is 1.94. The lowest BCUT2D eigenvalue weighted by Gasteiger charge is -2.32. The maximum Gasteiger partial charge on any atom is 0.326 e. The minimum absolute atomic E-state index is 0.0499. The van der Waals surface area contributed by atoms with Crippen molar-refractivity contribution < 1.29 is 107 Å². The van der Waals surface area contributed by atoms with Crippen molar-refractivity contribution in [1.82, 2.24) is 74.4 Å². The minimum atomic E-state index is -1.89. The summed E-state index contributed by atoms with van der Waals surface area (Å²) in [5.74, 6) is -21.0. The van der Waals surface area contributed by atoms with Crippen LogP contribution in [0.3, 0.4) is 0 Å². The summed E-state index contributed by atoms with van der Waals surface area (Å²) in [6.07, 6.45) is -0.371. The first-order chi connectivity index (χ1) is 61.4. The molecule has 0 heterocycles. The molecule has 0 unspecified atom stereocenters. The number of rotatable bonds is 61. The monoisotopic (exact) mass is 1830 g/mol. The molecule has 29 N–H and O–H groups in total. The first-order valence-corrected chi connectivity index (χ1v) is 44.4. The van der Waals surface area contributed by atoms with E-state index in [9.17, 15) is 107 Å². The molecule has 0 bridgehead atoms. The molecular weight excluding hydrogens is 1690 g/mol. The van der Waals surface area contributed by atoms with Gasteiger partial charge in [-0.25, -0.2) is 4.79 Å². The van der Waals surface area contributed by atoms with E-state index in [1.54, 1.807) is 113 Å². The highest BCUT2D eigenvalue weighted by Gasteiger charge is 2.42. The van der Waals surface area contributed by atoms with Gasteiger partial charge in [-0.1, -0.05) is 163 Å². The van der Waals surface area contributed by atoms with Gasteiger partial charge in [-0.15, -0.1) is 0 Å². The van der Waals surface area contributed by atoms with Crippen LogP contribution in [0.5, 0.6) is 11.5 Å². The molecule has 0 aliphatic carbocycles. The second-order valence-electron chi connectivity index (χ2n) is 33.9. The average molecular weight is 1830 g/mol. The van der Waals surface area contributed by atoms with Crippen LogP contribution in [0.2, 0.25) is 0 Å². The zero-order valence-corrected chi connectivity index (χ0v) is 76.5. The molecule has 3 aromatic rings. The number of amides is 16. The highest BCUT2D eigenvalue weighted by Crippen LogP contribution is 2.21. The number of carboxylic acid groups (broad SMARTS) is 1. The average Bonchev–Trinajstić information content (AvgIpc) is 0.840. The van der Waals surface area contributed by atoms with Crippen molar-refractivity contribution in [3.05, 3.63) is 95.6 Å². The fraction of sp³-hybridized carbons (Fsp3) is 0.607. The van der Waals surface area contributed by atoms with Crippen LogP contribution in [-0.4, -0.2) is 243 Å². The molecule has 19 atom stereocenters. The molecule has 0 aliphatic heterocycles. The Hall–Kier alpha value is -12.0. The predicted molar refractivity (Wildman–Crippen MR) is 481 cm³/mol. The van der Waals surface area contributed by atoms with Crippen molar-refractivity contribution in [3.8, 4) is 11.5 Å². The third-order valence-electron chi connectivity index (χ3n) is 22.5. The molecule has 0 radical (unpaired) electrons. The number of aliphatic hydroxyl groups excluding tert-OH is 2. The molecule has 0 spiro atoms. The van der Waals surface area contributed by atoms with Crippen LogP contribution >= 0.6 is 0 Å². The number of hydrogen-bond acceptors (Lipinski definition) is 24. The Morgan fingerprint density at radius 1 is 0.323 bits per heavy atom. The van der Waals surface area contributed by atoms with Gasteiger partial charge in [0.25, 0.3) is 0 Å². The normalized spacial score (nSPS) is 15.7. The lowest BCUT2D eigenvalue weighted by Crippen LogP contribution is -2.63. The van der Waals surface area contributed by atoms with E-state index in [1.165, 1.54) is 48.5 Å². The van der Waals surface area contributed by atoms with Crippen molar-refractivity contribution in [2.75, 3.05) is 26.3 Å². The Morgan fingerprint density at radius 2 is 0.623 bits per heavy atom. The molecule has 0 saturated carbocycles. The second kappa shape index (κ2) is 57.9. The first kappa shape index (κ1) is 112. The number of hydrogen-bond donors (Lipinski definition) is 24. The van der Waals surface area contributed by atoms with E-state index < -0.39 is 253 Å².